The molecule has 2 aromatic rings. The molecule has 2 heterocycles. The van der Waals surface area contributed by atoms with Crippen LogP contribution in [0.4, 0.5) is 17.6 Å². The number of piperidine rings is 1. The highest BCUT2D eigenvalue weighted by Gasteiger charge is 2.27. The molecule has 27 heavy (non-hydrogen) atoms. The molecule has 1 aromatic heterocycles. The number of rotatable bonds is 5. The van der Waals surface area contributed by atoms with Gasteiger partial charge in [0.05, 0.1) is 0 Å². The molecular weight excluding hydrogens is 340 g/mol. The molecule has 1 saturated heterocycles. The Kier molecular flexibility index (Phi) is 5.88. The highest BCUT2D eigenvalue weighted by molar-refractivity contribution is 5.92. The number of amides is 1. The van der Waals surface area contributed by atoms with E-state index in [1.165, 1.54) is 0 Å². The normalized spacial score (nSPS) is 15.1. The second-order valence-corrected chi connectivity index (χ2v) is 7.46. The van der Waals surface area contributed by atoms with Crippen LogP contribution >= 0.6 is 0 Å². The van der Waals surface area contributed by atoms with Gasteiger partial charge < -0.3 is 15.1 Å². The van der Waals surface area contributed by atoms with Crippen molar-refractivity contribution in [2.24, 2.45) is 5.92 Å². The van der Waals surface area contributed by atoms with E-state index in [-0.39, 0.29) is 17.7 Å². The number of benzene rings is 1. The fourth-order valence-corrected chi connectivity index (χ4v) is 3.08. The van der Waals surface area contributed by atoms with E-state index < -0.39 is 0 Å². The van der Waals surface area contributed by atoms with Gasteiger partial charge in [0.1, 0.15) is 5.82 Å². The molecule has 1 aliphatic rings. The molecule has 1 N–H and O–H groups in total. The minimum Gasteiger partial charge on any atom is -0.347 e. The van der Waals surface area contributed by atoms with Gasteiger partial charge in [-0.25, -0.2) is 0 Å². The number of aromatic nitrogens is 3. The summed E-state index contributed by atoms with van der Waals surface area (Å²) in [5, 5.41) is 3.01. The Morgan fingerprint density at radius 3 is 2.37 bits per heavy atom. The lowest BCUT2D eigenvalue weighted by atomic mass is 9.96. The summed E-state index contributed by atoms with van der Waals surface area (Å²) in [7, 11) is 3.87. The van der Waals surface area contributed by atoms with Crippen molar-refractivity contribution in [2.45, 2.75) is 32.6 Å². The largest absolute Gasteiger partial charge is 0.347 e. The zero-order valence-electron chi connectivity index (χ0n) is 16.5. The van der Waals surface area contributed by atoms with E-state index >= 15 is 0 Å². The number of anilines is 3. The third kappa shape index (κ3) is 4.72. The van der Waals surface area contributed by atoms with Gasteiger partial charge in [-0.15, -0.1) is 0 Å². The molecule has 1 aliphatic heterocycles. The molecule has 0 atom stereocenters. The molecule has 1 fully saturated rings. The number of carbonyl (C=O) groups excluding carboxylic acids is 1. The first kappa shape index (κ1) is 19.1. The maximum absolute atomic E-state index is 12.5. The van der Waals surface area contributed by atoms with Gasteiger partial charge in [0.2, 0.25) is 17.8 Å². The molecule has 144 valence electrons. The summed E-state index contributed by atoms with van der Waals surface area (Å²) in [6, 6.07) is 9.61. The van der Waals surface area contributed by atoms with Crippen LogP contribution in [-0.4, -0.2) is 48.0 Å². The Morgan fingerprint density at radius 1 is 1.11 bits per heavy atom. The standard InChI is InChI=1S/C20H28N6O/c1-14(2)17-22-19(25(3)4)24-20(23-17)26-12-10-15(11-13-26)18(27)21-16-8-6-5-7-9-16/h5-9,14-15H,10-13H2,1-4H3,(H,21,27). The maximum Gasteiger partial charge on any atom is 0.230 e. The van der Waals surface area contributed by atoms with Gasteiger partial charge in [0.15, 0.2) is 0 Å². The summed E-state index contributed by atoms with van der Waals surface area (Å²) in [6.45, 7) is 5.69. The SMILES string of the molecule is CC(C)c1nc(N(C)C)nc(N2CCC(C(=O)Nc3ccccc3)CC2)n1. The van der Waals surface area contributed by atoms with Crippen LogP contribution in [0.3, 0.4) is 0 Å². The van der Waals surface area contributed by atoms with Crippen LogP contribution in [0.1, 0.15) is 38.4 Å². The molecule has 0 unspecified atom stereocenters. The zero-order chi connectivity index (χ0) is 19.4. The van der Waals surface area contributed by atoms with Gasteiger partial charge in [0.25, 0.3) is 0 Å². The van der Waals surface area contributed by atoms with Crippen LogP contribution in [0, 0.1) is 5.92 Å². The van der Waals surface area contributed by atoms with Crippen molar-refractivity contribution in [2.75, 3.05) is 42.3 Å². The molecule has 3 rings (SSSR count). The maximum atomic E-state index is 12.5. The van der Waals surface area contributed by atoms with E-state index in [4.69, 9.17) is 0 Å². The molecule has 0 spiro atoms. The Bertz CT molecular complexity index is 743. The van der Waals surface area contributed by atoms with E-state index in [9.17, 15) is 4.79 Å². The smallest absolute Gasteiger partial charge is 0.230 e. The van der Waals surface area contributed by atoms with Crippen molar-refractivity contribution >= 4 is 23.5 Å². The third-order valence-electron chi connectivity index (χ3n) is 4.74. The van der Waals surface area contributed by atoms with Gasteiger partial charge in [0, 0.05) is 44.7 Å². The van der Waals surface area contributed by atoms with Crippen LogP contribution in [0.25, 0.3) is 0 Å². The minimum absolute atomic E-state index is 0.0150. The summed E-state index contributed by atoms with van der Waals surface area (Å²) in [4.78, 5) is 30.4. The number of nitrogens with one attached hydrogen (secondary N) is 1. The number of hydrogen-bond acceptors (Lipinski definition) is 6. The molecule has 0 saturated carbocycles. The van der Waals surface area contributed by atoms with E-state index in [1.54, 1.807) is 0 Å². The van der Waals surface area contributed by atoms with Gasteiger partial charge in [-0.1, -0.05) is 32.0 Å². The van der Waals surface area contributed by atoms with Crippen LogP contribution in [-0.2, 0) is 4.79 Å². The average Bonchev–Trinajstić information content (AvgIpc) is 2.68. The van der Waals surface area contributed by atoms with Crippen molar-refractivity contribution in [3.8, 4) is 0 Å². The molecule has 0 radical (unpaired) electrons. The van der Waals surface area contributed by atoms with Crippen molar-refractivity contribution in [1.82, 2.24) is 15.0 Å². The Labute approximate surface area is 160 Å². The summed E-state index contributed by atoms with van der Waals surface area (Å²) in [5.41, 5.74) is 0.847. The predicted molar refractivity (Wildman–Crippen MR) is 108 cm³/mol. The Balaban J connectivity index is 1.66. The van der Waals surface area contributed by atoms with Crippen LogP contribution in [0.5, 0.6) is 0 Å². The Morgan fingerprint density at radius 2 is 1.78 bits per heavy atom. The first-order chi connectivity index (χ1) is 12.9. The van der Waals surface area contributed by atoms with E-state index in [2.05, 4.69) is 39.0 Å². The number of hydrogen-bond donors (Lipinski definition) is 1. The van der Waals surface area contributed by atoms with E-state index in [1.807, 2.05) is 49.3 Å². The van der Waals surface area contributed by atoms with Gasteiger partial charge in [-0.3, -0.25) is 4.79 Å². The van der Waals surface area contributed by atoms with Crippen molar-refractivity contribution in [1.29, 1.82) is 0 Å². The third-order valence-corrected chi connectivity index (χ3v) is 4.74. The highest BCUT2D eigenvalue weighted by Crippen LogP contribution is 2.24. The van der Waals surface area contributed by atoms with Crippen molar-refractivity contribution in [3.63, 3.8) is 0 Å². The molecule has 0 bridgehead atoms. The highest BCUT2D eigenvalue weighted by atomic mass is 16.1. The van der Waals surface area contributed by atoms with Gasteiger partial charge in [-0.05, 0) is 25.0 Å². The summed E-state index contributed by atoms with van der Waals surface area (Å²) >= 11 is 0. The number of nitrogens with zero attached hydrogens (tertiary/aromatic N) is 5. The van der Waals surface area contributed by atoms with Crippen molar-refractivity contribution < 1.29 is 4.79 Å². The first-order valence-corrected chi connectivity index (χ1v) is 9.48. The van der Waals surface area contributed by atoms with Gasteiger partial charge in [-0.2, -0.15) is 15.0 Å². The molecule has 7 nitrogen and oxygen atoms in total. The minimum atomic E-state index is 0.0150. The quantitative estimate of drug-likeness (QED) is 0.875. The molecule has 0 aliphatic carbocycles. The second-order valence-electron chi connectivity index (χ2n) is 7.46. The van der Waals surface area contributed by atoms with Crippen LogP contribution in [0.15, 0.2) is 30.3 Å². The lowest BCUT2D eigenvalue weighted by Crippen LogP contribution is -2.39. The molecule has 1 amide bonds. The predicted octanol–water partition coefficient (Wildman–Crippen LogP) is 2.92. The lowest BCUT2D eigenvalue weighted by molar-refractivity contribution is -0.120. The second kappa shape index (κ2) is 8.33. The lowest BCUT2D eigenvalue weighted by Gasteiger charge is -2.32. The van der Waals surface area contributed by atoms with E-state index in [0.29, 0.717) is 11.9 Å². The zero-order valence-corrected chi connectivity index (χ0v) is 16.5. The molecular formula is C20H28N6O. The van der Waals surface area contributed by atoms with Crippen molar-refractivity contribution in [3.05, 3.63) is 36.2 Å². The Hall–Kier alpha value is -2.70. The van der Waals surface area contributed by atoms with E-state index in [0.717, 1.165) is 37.4 Å². The summed E-state index contributed by atoms with van der Waals surface area (Å²) in [6.07, 6.45) is 1.58. The van der Waals surface area contributed by atoms with Crippen LogP contribution in [0.2, 0.25) is 0 Å². The summed E-state index contributed by atoms with van der Waals surface area (Å²) in [5.74, 6) is 2.52. The fraction of sp³-hybridized carbons (Fsp3) is 0.500. The molecule has 1 aromatic carbocycles. The average molecular weight is 368 g/mol. The van der Waals surface area contributed by atoms with Gasteiger partial charge >= 0.3 is 0 Å². The monoisotopic (exact) mass is 368 g/mol. The molecule has 7 heteroatoms. The topological polar surface area (TPSA) is 74.2 Å². The fourth-order valence-electron chi connectivity index (χ4n) is 3.08. The number of para-hydroxylation sites is 1. The number of carbonyl (C=O) groups is 1. The summed E-state index contributed by atoms with van der Waals surface area (Å²) < 4.78 is 0. The first-order valence-electron chi connectivity index (χ1n) is 9.48. The van der Waals surface area contributed by atoms with Crippen LogP contribution < -0.4 is 15.1 Å².